The summed E-state index contributed by atoms with van der Waals surface area (Å²) >= 11 is 1.58. The summed E-state index contributed by atoms with van der Waals surface area (Å²) in [5.74, 6) is 0.881. The molecule has 3 nitrogen and oxygen atoms in total. The number of H-pyrrole nitrogens is 1. The number of aromatic amines is 1. The fraction of sp³-hybridized carbons (Fsp3) is 0.111. The molecule has 0 atom stereocenters. The number of hydrogen-bond donors (Lipinski definition) is 2. The fourth-order valence-corrected chi connectivity index (χ4v) is 2.03. The molecule has 13 heavy (non-hydrogen) atoms. The zero-order valence-electron chi connectivity index (χ0n) is 6.83. The van der Waals surface area contributed by atoms with Crippen LogP contribution < -0.4 is 9.46 Å². The average Bonchev–Trinajstić information content (AvgIpc) is 2.47. The second-order valence-corrected chi connectivity index (χ2v) is 3.89. The van der Waals surface area contributed by atoms with Crippen LogP contribution in [0.3, 0.4) is 0 Å². The van der Waals surface area contributed by atoms with Crippen LogP contribution in [-0.2, 0) is 0 Å². The van der Waals surface area contributed by atoms with E-state index >= 15 is 0 Å². The van der Waals surface area contributed by atoms with Crippen LogP contribution in [0.4, 0.5) is 0 Å². The lowest BCUT2D eigenvalue weighted by atomic mass is 10.0. The van der Waals surface area contributed by atoms with E-state index in [0.717, 1.165) is 17.1 Å². The summed E-state index contributed by atoms with van der Waals surface area (Å²) in [6.07, 6.45) is 8.68. The van der Waals surface area contributed by atoms with Gasteiger partial charge in [-0.25, -0.2) is 0 Å². The number of rotatable bonds is 0. The summed E-state index contributed by atoms with van der Waals surface area (Å²) in [5, 5.41) is 0. The van der Waals surface area contributed by atoms with Gasteiger partial charge in [-0.1, -0.05) is 0 Å². The Morgan fingerprint density at radius 2 is 2.31 bits per heavy atom. The maximum atomic E-state index is 5.50. The van der Waals surface area contributed by atoms with Crippen LogP contribution in [0.15, 0.2) is 40.9 Å². The van der Waals surface area contributed by atoms with Crippen LogP contribution in [0.1, 0.15) is 6.42 Å². The second kappa shape index (κ2) is 2.60. The highest BCUT2D eigenvalue weighted by Crippen LogP contribution is 2.34. The Hall–Kier alpha value is -1.29. The topological polar surface area (TPSA) is 37.0 Å². The van der Waals surface area contributed by atoms with Crippen LogP contribution in [0, 0.1) is 0 Å². The monoisotopic (exact) mass is 192 g/mol. The van der Waals surface area contributed by atoms with E-state index in [1.165, 1.54) is 11.3 Å². The van der Waals surface area contributed by atoms with Gasteiger partial charge in [-0.15, -0.1) is 0 Å². The standard InChI is InChI=1S/C9H8N2OS/c1-6-2-7(1)11-13-9-4-10-3-8(9)12-5-6/h1,3-5,10-11H,2H2. The van der Waals surface area contributed by atoms with Crippen LogP contribution >= 0.6 is 11.9 Å². The Morgan fingerprint density at radius 3 is 3.23 bits per heavy atom. The van der Waals surface area contributed by atoms with Gasteiger partial charge < -0.3 is 14.4 Å². The molecular weight excluding hydrogens is 184 g/mol. The van der Waals surface area contributed by atoms with Crippen molar-refractivity contribution in [3.05, 3.63) is 36.0 Å². The number of allylic oxidation sites excluding steroid dienone is 2. The van der Waals surface area contributed by atoms with Gasteiger partial charge in [0, 0.05) is 24.5 Å². The zero-order valence-corrected chi connectivity index (χ0v) is 7.65. The van der Waals surface area contributed by atoms with E-state index < -0.39 is 0 Å². The molecule has 3 aliphatic rings. The largest absolute Gasteiger partial charge is 0.462 e. The summed E-state index contributed by atoms with van der Waals surface area (Å²) in [7, 11) is 0. The molecule has 1 aromatic heterocycles. The Labute approximate surface area is 80.0 Å². The van der Waals surface area contributed by atoms with E-state index in [1.54, 1.807) is 11.9 Å². The number of hydrogen-bond acceptors (Lipinski definition) is 3. The summed E-state index contributed by atoms with van der Waals surface area (Å²) in [6.45, 7) is 0. The molecule has 0 unspecified atom stereocenters. The molecular formula is C9H8N2OS. The van der Waals surface area contributed by atoms with E-state index in [4.69, 9.17) is 4.74 Å². The molecule has 2 aliphatic heterocycles. The molecule has 1 aromatic rings. The lowest BCUT2D eigenvalue weighted by Crippen LogP contribution is -2.10. The second-order valence-electron chi connectivity index (χ2n) is 3.04. The highest BCUT2D eigenvalue weighted by atomic mass is 32.2. The third-order valence-electron chi connectivity index (χ3n) is 2.06. The summed E-state index contributed by atoms with van der Waals surface area (Å²) < 4.78 is 8.77. The van der Waals surface area contributed by atoms with E-state index in [2.05, 4.69) is 15.8 Å². The summed E-state index contributed by atoms with van der Waals surface area (Å²) in [4.78, 5) is 4.10. The number of aromatic nitrogens is 1. The number of nitrogens with one attached hydrogen (secondary N) is 2. The first kappa shape index (κ1) is 7.15. The third-order valence-corrected chi connectivity index (χ3v) is 2.96. The van der Waals surface area contributed by atoms with Crippen LogP contribution in [0.25, 0.3) is 0 Å². The van der Waals surface area contributed by atoms with Gasteiger partial charge in [0.2, 0.25) is 0 Å². The maximum Gasteiger partial charge on any atom is 0.159 e. The average molecular weight is 192 g/mol. The van der Waals surface area contributed by atoms with Crippen molar-refractivity contribution in [2.75, 3.05) is 0 Å². The number of fused-ring (bicyclic) bond motifs is 2. The van der Waals surface area contributed by atoms with Crippen molar-refractivity contribution in [2.45, 2.75) is 11.3 Å². The lowest BCUT2D eigenvalue weighted by Gasteiger charge is -2.16. The minimum atomic E-state index is 0.881. The van der Waals surface area contributed by atoms with Crippen molar-refractivity contribution in [3.63, 3.8) is 0 Å². The van der Waals surface area contributed by atoms with Crippen LogP contribution in [0.2, 0.25) is 0 Å². The predicted molar refractivity (Wildman–Crippen MR) is 51.2 cm³/mol. The minimum Gasteiger partial charge on any atom is -0.462 e. The van der Waals surface area contributed by atoms with Crippen molar-refractivity contribution in [1.82, 2.24) is 9.71 Å². The molecule has 0 radical (unpaired) electrons. The quantitative estimate of drug-likeness (QED) is 0.618. The summed E-state index contributed by atoms with van der Waals surface area (Å²) in [6, 6.07) is 0. The SMILES string of the molecule is C1=C2C=C(C2)NSc2c[nH]cc2O1. The molecule has 3 heterocycles. The van der Waals surface area contributed by atoms with Crippen molar-refractivity contribution in [2.24, 2.45) is 0 Å². The lowest BCUT2D eigenvalue weighted by molar-refractivity contribution is 0.465. The first-order valence-corrected chi connectivity index (χ1v) is 4.89. The number of ether oxygens (including phenoxy) is 1. The van der Waals surface area contributed by atoms with Crippen LogP contribution in [0.5, 0.6) is 5.75 Å². The molecule has 0 aromatic carbocycles. The molecule has 4 rings (SSSR count). The molecule has 0 saturated carbocycles. The molecule has 4 heteroatoms. The first-order valence-electron chi connectivity index (χ1n) is 4.08. The highest BCUT2D eigenvalue weighted by molar-refractivity contribution is 7.97. The zero-order chi connectivity index (χ0) is 8.67. The van der Waals surface area contributed by atoms with Gasteiger partial charge in [-0.05, 0) is 23.6 Å². The Morgan fingerprint density at radius 1 is 1.38 bits per heavy atom. The van der Waals surface area contributed by atoms with Gasteiger partial charge in [-0.3, -0.25) is 0 Å². The first-order chi connectivity index (χ1) is 6.42. The van der Waals surface area contributed by atoms with Gasteiger partial charge in [0.1, 0.15) is 0 Å². The molecule has 2 N–H and O–H groups in total. The normalized spacial score (nSPS) is 18.8. The Bertz CT molecular complexity index is 406. The third kappa shape index (κ3) is 1.14. The molecule has 0 fully saturated rings. The van der Waals surface area contributed by atoms with E-state index in [-0.39, 0.29) is 0 Å². The van der Waals surface area contributed by atoms with Crippen molar-refractivity contribution in [3.8, 4) is 5.75 Å². The van der Waals surface area contributed by atoms with E-state index in [0.29, 0.717) is 0 Å². The van der Waals surface area contributed by atoms with Gasteiger partial charge in [0.25, 0.3) is 0 Å². The Balaban J connectivity index is 1.99. The fourth-order valence-electron chi connectivity index (χ4n) is 1.32. The maximum absolute atomic E-state index is 5.50. The highest BCUT2D eigenvalue weighted by Gasteiger charge is 2.16. The molecule has 0 saturated heterocycles. The van der Waals surface area contributed by atoms with Gasteiger partial charge in [-0.2, -0.15) is 0 Å². The summed E-state index contributed by atoms with van der Waals surface area (Å²) in [5.41, 5.74) is 2.49. The van der Waals surface area contributed by atoms with Gasteiger partial charge >= 0.3 is 0 Å². The van der Waals surface area contributed by atoms with Crippen molar-refractivity contribution < 1.29 is 4.74 Å². The molecule has 0 amide bonds. The van der Waals surface area contributed by atoms with Crippen LogP contribution in [-0.4, -0.2) is 4.98 Å². The molecule has 2 bridgehead atoms. The van der Waals surface area contributed by atoms with Gasteiger partial charge in [0.05, 0.1) is 11.2 Å². The molecule has 1 aliphatic carbocycles. The van der Waals surface area contributed by atoms with E-state index in [1.807, 2.05) is 18.7 Å². The van der Waals surface area contributed by atoms with E-state index in [9.17, 15) is 0 Å². The van der Waals surface area contributed by atoms with Crippen molar-refractivity contribution >= 4 is 11.9 Å². The molecule has 0 spiro atoms. The van der Waals surface area contributed by atoms with Crippen molar-refractivity contribution in [1.29, 1.82) is 0 Å². The minimum absolute atomic E-state index is 0.881. The predicted octanol–water partition coefficient (Wildman–Crippen LogP) is 2.18. The molecule has 66 valence electrons. The van der Waals surface area contributed by atoms with Gasteiger partial charge in [0.15, 0.2) is 5.75 Å². The Kier molecular flexibility index (Phi) is 1.43. The smallest absolute Gasteiger partial charge is 0.159 e.